The van der Waals surface area contributed by atoms with Crippen LogP contribution in [0.1, 0.15) is 60.9 Å². The SMILES string of the molecule is CCc1ccc(NC(=O)c2nnc(COC(=O)c3c(NC(=O)C4CC4)sc(C)c3C)s2)cc1. The standard InChI is InChI=1S/C23H24N4O4S2/c1-4-14-5-9-16(10-6-14)24-20(29)22-27-26-17(33-22)11-31-23(30)18-12(2)13(3)32-21(18)25-19(28)15-7-8-15/h5-6,9-10,15H,4,7-8,11H2,1-3H3,(H,24,29)(H,25,28). The summed E-state index contributed by atoms with van der Waals surface area (Å²) < 4.78 is 5.44. The molecule has 0 spiro atoms. The Hall–Kier alpha value is -3.11. The average Bonchev–Trinajstić information content (AvgIpc) is 3.48. The second kappa shape index (κ2) is 9.80. The Kier molecular flexibility index (Phi) is 6.85. The smallest absolute Gasteiger partial charge is 0.341 e. The van der Waals surface area contributed by atoms with E-state index in [1.54, 1.807) is 0 Å². The van der Waals surface area contributed by atoms with E-state index in [1.165, 1.54) is 16.9 Å². The second-order valence-electron chi connectivity index (χ2n) is 7.83. The minimum absolute atomic E-state index is 0.0344. The highest BCUT2D eigenvalue weighted by Gasteiger charge is 2.31. The number of carbonyl (C=O) groups excluding carboxylic acids is 3. The Bertz CT molecular complexity index is 1200. The van der Waals surface area contributed by atoms with Crippen LogP contribution in [-0.2, 0) is 22.6 Å². The Morgan fingerprint density at radius 3 is 2.45 bits per heavy atom. The number of nitrogens with zero attached hydrogens (tertiary/aromatic N) is 2. The van der Waals surface area contributed by atoms with Gasteiger partial charge in [-0.3, -0.25) is 9.59 Å². The molecule has 2 N–H and O–H groups in total. The summed E-state index contributed by atoms with van der Waals surface area (Å²) in [6.07, 6.45) is 2.68. The molecule has 0 atom stereocenters. The van der Waals surface area contributed by atoms with Gasteiger partial charge in [-0.25, -0.2) is 4.79 Å². The van der Waals surface area contributed by atoms with E-state index in [0.717, 1.165) is 41.0 Å². The summed E-state index contributed by atoms with van der Waals surface area (Å²) in [5, 5.41) is 14.6. The summed E-state index contributed by atoms with van der Waals surface area (Å²) in [7, 11) is 0. The summed E-state index contributed by atoms with van der Waals surface area (Å²) in [6, 6.07) is 7.59. The van der Waals surface area contributed by atoms with Crippen molar-refractivity contribution in [3.63, 3.8) is 0 Å². The van der Waals surface area contributed by atoms with Crippen molar-refractivity contribution in [2.24, 2.45) is 5.92 Å². The summed E-state index contributed by atoms with van der Waals surface area (Å²) in [5.41, 5.74) is 3.00. The highest BCUT2D eigenvalue weighted by atomic mass is 32.1. The molecule has 0 bridgehead atoms. The van der Waals surface area contributed by atoms with Crippen molar-refractivity contribution in [3.05, 3.63) is 55.8 Å². The molecular formula is C23H24N4O4S2. The van der Waals surface area contributed by atoms with E-state index in [2.05, 4.69) is 27.8 Å². The Labute approximate surface area is 199 Å². The third-order valence-electron chi connectivity index (χ3n) is 5.38. The van der Waals surface area contributed by atoms with Gasteiger partial charge in [-0.2, -0.15) is 0 Å². The van der Waals surface area contributed by atoms with Crippen LogP contribution >= 0.6 is 22.7 Å². The zero-order valence-corrected chi connectivity index (χ0v) is 20.2. The van der Waals surface area contributed by atoms with Gasteiger partial charge in [0.2, 0.25) is 10.9 Å². The van der Waals surface area contributed by atoms with Crippen LogP contribution in [0.3, 0.4) is 0 Å². The number of benzene rings is 1. The number of hydrogen-bond donors (Lipinski definition) is 2. The van der Waals surface area contributed by atoms with Crippen LogP contribution in [-0.4, -0.2) is 28.0 Å². The third kappa shape index (κ3) is 5.45. The molecule has 3 aromatic rings. The fourth-order valence-electron chi connectivity index (χ4n) is 3.13. The van der Waals surface area contributed by atoms with Crippen molar-refractivity contribution in [1.29, 1.82) is 0 Å². The Morgan fingerprint density at radius 2 is 1.79 bits per heavy atom. The number of ether oxygens (including phenoxy) is 1. The maximum atomic E-state index is 12.8. The zero-order chi connectivity index (χ0) is 23.5. The summed E-state index contributed by atoms with van der Waals surface area (Å²) in [5.74, 6) is -0.939. The highest BCUT2D eigenvalue weighted by Crippen LogP contribution is 2.36. The van der Waals surface area contributed by atoms with Gasteiger partial charge in [0, 0.05) is 16.5 Å². The number of rotatable bonds is 8. The number of esters is 1. The number of aryl methyl sites for hydroxylation is 2. The molecule has 0 saturated heterocycles. The Balaban J connectivity index is 1.37. The first-order valence-corrected chi connectivity index (χ1v) is 12.3. The first-order valence-electron chi connectivity index (χ1n) is 10.7. The van der Waals surface area contributed by atoms with E-state index in [0.29, 0.717) is 21.3 Å². The van der Waals surface area contributed by atoms with Crippen LogP contribution in [0.2, 0.25) is 0 Å². The van der Waals surface area contributed by atoms with Crippen molar-refractivity contribution < 1.29 is 19.1 Å². The molecule has 0 aliphatic heterocycles. The zero-order valence-electron chi connectivity index (χ0n) is 18.6. The van der Waals surface area contributed by atoms with Crippen molar-refractivity contribution in [2.45, 2.75) is 46.6 Å². The quantitative estimate of drug-likeness (QED) is 0.447. The van der Waals surface area contributed by atoms with Gasteiger partial charge in [0.05, 0.1) is 5.56 Å². The van der Waals surface area contributed by atoms with Crippen molar-refractivity contribution >= 4 is 51.1 Å². The van der Waals surface area contributed by atoms with Gasteiger partial charge < -0.3 is 15.4 Å². The maximum absolute atomic E-state index is 12.8. The van der Waals surface area contributed by atoms with Crippen LogP contribution < -0.4 is 10.6 Å². The lowest BCUT2D eigenvalue weighted by Crippen LogP contribution is -2.16. The number of hydrogen-bond acceptors (Lipinski definition) is 8. The average molecular weight is 485 g/mol. The van der Waals surface area contributed by atoms with Gasteiger partial charge in [-0.1, -0.05) is 30.4 Å². The fourth-order valence-corrected chi connectivity index (χ4v) is 4.83. The van der Waals surface area contributed by atoms with Gasteiger partial charge in [-0.05, 0) is 56.4 Å². The number of thiophene rings is 1. The lowest BCUT2D eigenvalue weighted by atomic mass is 10.1. The molecule has 1 fully saturated rings. The molecule has 2 heterocycles. The largest absolute Gasteiger partial charge is 0.455 e. The van der Waals surface area contributed by atoms with Gasteiger partial charge in [0.15, 0.2) is 5.01 Å². The lowest BCUT2D eigenvalue weighted by Gasteiger charge is -2.07. The molecule has 1 aliphatic carbocycles. The van der Waals surface area contributed by atoms with Crippen LogP contribution in [0.5, 0.6) is 0 Å². The predicted octanol–water partition coefficient (Wildman–Crippen LogP) is 4.74. The van der Waals surface area contributed by atoms with E-state index in [4.69, 9.17) is 4.74 Å². The van der Waals surface area contributed by atoms with Crippen LogP contribution in [0.4, 0.5) is 10.7 Å². The fraction of sp³-hybridized carbons (Fsp3) is 0.348. The minimum atomic E-state index is -0.542. The topological polar surface area (TPSA) is 110 Å². The maximum Gasteiger partial charge on any atom is 0.341 e. The molecule has 33 heavy (non-hydrogen) atoms. The first-order chi connectivity index (χ1) is 15.9. The molecule has 2 amide bonds. The summed E-state index contributed by atoms with van der Waals surface area (Å²) >= 11 is 2.43. The van der Waals surface area contributed by atoms with Crippen molar-refractivity contribution in [1.82, 2.24) is 10.2 Å². The molecule has 2 aromatic heterocycles. The number of aromatic nitrogens is 2. The second-order valence-corrected chi connectivity index (χ2v) is 10.1. The molecular weight excluding hydrogens is 460 g/mol. The van der Waals surface area contributed by atoms with Gasteiger partial charge in [-0.15, -0.1) is 21.5 Å². The molecule has 0 radical (unpaired) electrons. The van der Waals surface area contributed by atoms with Crippen molar-refractivity contribution in [2.75, 3.05) is 10.6 Å². The third-order valence-corrected chi connectivity index (χ3v) is 7.40. The Morgan fingerprint density at radius 1 is 1.06 bits per heavy atom. The first kappa shape index (κ1) is 23.1. The molecule has 172 valence electrons. The van der Waals surface area contributed by atoms with E-state index in [1.807, 2.05) is 38.1 Å². The van der Waals surface area contributed by atoms with Gasteiger partial charge in [0.25, 0.3) is 5.91 Å². The summed E-state index contributed by atoms with van der Waals surface area (Å²) in [4.78, 5) is 38.3. The number of carbonyl (C=O) groups is 3. The monoisotopic (exact) mass is 484 g/mol. The molecule has 1 aromatic carbocycles. The molecule has 10 heteroatoms. The molecule has 4 rings (SSSR count). The van der Waals surface area contributed by atoms with E-state index in [-0.39, 0.29) is 29.3 Å². The molecule has 1 saturated carbocycles. The van der Waals surface area contributed by atoms with Crippen molar-refractivity contribution in [3.8, 4) is 0 Å². The number of amides is 2. The molecule has 1 aliphatic rings. The molecule has 8 nitrogen and oxygen atoms in total. The number of anilines is 2. The van der Waals surface area contributed by atoms with Crippen LogP contribution in [0, 0.1) is 19.8 Å². The van der Waals surface area contributed by atoms with Gasteiger partial charge >= 0.3 is 5.97 Å². The van der Waals surface area contributed by atoms with E-state index in [9.17, 15) is 14.4 Å². The van der Waals surface area contributed by atoms with E-state index < -0.39 is 5.97 Å². The van der Waals surface area contributed by atoms with Crippen LogP contribution in [0.25, 0.3) is 0 Å². The predicted molar refractivity (Wildman–Crippen MR) is 128 cm³/mol. The van der Waals surface area contributed by atoms with Crippen LogP contribution in [0.15, 0.2) is 24.3 Å². The minimum Gasteiger partial charge on any atom is -0.455 e. The summed E-state index contributed by atoms with van der Waals surface area (Å²) in [6.45, 7) is 5.68. The number of nitrogens with one attached hydrogen (secondary N) is 2. The van der Waals surface area contributed by atoms with E-state index >= 15 is 0 Å². The van der Waals surface area contributed by atoms with Gasteiger partial charge in [0.1, 0.15) is 11.6 Å². The normalized spacial score (nSPS) is 12.9. The lowest BCUT2D eigenvalue weighted by molar-refractivity contribution is -0.117. The highest BCUT2D eigenvalue weighted by molar-refractivity contribution is 7.16. The molecule has 0 unspecified atom stereocenters.